The van der Waals surface area contributed by atoms with Gasteiger partial charge in [0.05, 0.1) is 0 Å². The quantitative estimate of drug-likeness (QED) is 0.803. The van der Waals surface area contributed by atoms with Gasteiger partial charge in [-0.25, -0.2) is 0 Å². The minimum absolute atomic E-state index is 0. The lowest BCUT2D eigenvalue weighted by atomic mass is 10.0. The molecule has 1 amide bonds. The second kappa shape index (κ2) is 10.0. The topological polar surface area (TPSA) is 58.4 Å². The van der Waals surface area contributed by atoms with Gasteiger partial charge in [-0.15, -0.1) is 24.8 Å². The van der Waals surface area contributed by atoms with Gasteiger partial charge in [0, 0.05) is 31.6 Å². The average Bonchev–Trinajstić information content (AvgIpc) is 3.24. The van der Waals surface area contributed by atoms with Gasteiger partial charge in [-0.3, -0.25) is 4.79 Å². The van der Waals surface area contributed by atoms with Crippen molar-refractivity contribution in [3.05, 3.63) is 35.9 Å². The van der Waals surface area contributed by atoms with Crippen molar-refractivity contribution in [1.82, 2.24) is 10.2 Å². The Balaban J connectivity index is 0.00000200. The Kier molecular flexibility index (Phi) is 9.62. The van der Waals surface area contributed by atoms with Crippen LogP contribution in [0.2, 0.25) is 0 Å². The van der Waals surface area contributed by atoms with Crippen LogP contribution in [-0.4, -0.2) is 37.0 Å². The molecule has 21 heavy (non-hydrogen) atoms. The van der Waals surface area contributed by atoms with Gasteiger partial charge in [-0.05, 0) is 25.5 Å². The molecule has 0 aliphatic heterocycles. The molecular formula is C15H25Cl2N3O. The number of hydrogen-bond donors (Lipinski definition) is 2. The first-order chi connectivity index (χ1) is 9.16. The van der Waals surface area contributed by atoms with E-state index in [1.54, 1.807) is 0 Å². The molecule has 0 heterocycles. The fourth-order valence-corrected chi connectivity index (χ4v) is 2.16. The standard InChI is InChI=1S/C15H23N3O.2ClH/c1-18(13-7-8-13)10-9-17-15(19)11-14(16)12-5-3-2-4-6-12;;/h2-6,13-14H,7-11,16H2,1H3,(H,17,19);2*1H. The molecule has 1 aliphatic carbocycles. The van der Waals surface area contributed by atoms with Crippen molar-refractivity contribution in [2.45, 2.75) is 31.3 Å². The van der Waals surface area contributed by atoms with Gasteiger partial charge in [0.15, 0.2) is 0 Å². The van der Waals surface area contributed by atoms with Gasteiger partial charge in [-0.2, -0.15) is 0 Å². The molecular weight excluding hydrogens is 309 g/mol. The van der Waals surface area contributed by atoms with Crippen molar-refractivity contribution in [3.63, 3.8) is 0 Å². The van der Waals surface area contributed by atoms with E-state index < -0.39 is 0 Å². The lowest BCUT2D eigenvalue weighted by molar-refractivity contribution is -0.121. The van der Waals surface area contributed by atoms with E-state index in [4.69, 9.17) is 5.73 Å². The summed E-state index contributed by atoms with van der Waals surface area (Å²) in [5, 5.41) is 2.94. The molecule has 2 rings (SSSR count). The molecule has 0 bridgehead atoms. The molecule has 1 aromatic carbocycles. The number of nitrogens with two attached hydrogens (primary N) is 1. The van der Waals surface area contributed by atoms with Crippen LogP contribution in [0.1, 0.15) is 30.9 Å². The highest BCUT2D eigenvalue weighted by Gasteiger charge is 2.25. The maximum Gasteiger partial charge on any atom is 0.221 e. The predicted molar refractivity (Wildman–Crippen MR) is 91.1 cm³/mol. The summed E-state index contributed by atoms with van der Waals surface area (Å²) in [6.07, 6.45) is 2.93. The van der Waals surface area contributed by atoms with Crippen LogP contribution in [0.15, 0.2) is 30.3 Å². The van der Waals surface area contributed by atoms with E-state index in [1.807, 2.05) is 30.3 Å². The highest BCUT2D eigenvalue weighted by atomic mass is 35.5. The number of nitrogens with zero attached hydrogens (tertiary/aromatic N) is 1. The van der Waals surface area contributed by atoms with Crippen LogP contribution in [0.5, 0.6) is 0 Å². The first-order valence-electron chi connectivity index (χ1n) is 6.94. The zero-order valence-electron chi connectivity index (χ0n) is 12.3. The Morgan fingerprint density at radius 1 is 1.33 bits per heavy atom. The van der Waals surface area contributed by atoms with E-state index in [9.17, 15) is 4.79 Å². The molecule has 1 atom stereocenters. The average molecular weight is 334 g/mol. The second-order valence-electron chi connectivity index (χ2n) is 5.28. The third kappa shape index (κ3) is 7.14. The third-order valence-electron chi connectivity index (χ3n) is 3.59. The molecule has 1 saturated carbocycles. The summed E-state index contributed by atoms with van der Waals surface area (Å²) in [4.78, 5) is 14.1. The van der Waals surface area contributed by atoms with E-state index >= 15 is 0 Å². The van der Waals surface area contributed by atoms with E-state index in [0.717, 1.165) is 18.2 Å². The minimum atomic E-state index is -0.220. The lowest BCUT2D eigenvalue weighted by Gasteiger charge is -2.16. The second-order valence-corrected chi connectivity index (χ2v) is 5.28. The summed E-state index contributed by atoms with van der Waals surface area (Å²) in [6.45, 7) is 1.62. The van der Waals surface area contributed by atoms with Gasteiger partial charge in [-0.1, -0.05) is 30.3 Å². The fourth-order valence-electron chi connectivity index (χ4n) is 2.16. The number of benzene rings is 1. The fraction of sp³-hybridized carbons (Fsp3) is 0.533. The van der Waals surface area contributed by atoms with Gasteiger partial charge in [0.1, 0.15) is 0 Å². The maximum absolute atomic E-state index is 11.8. The lowest BCUT2D eigenvalue weighted by Crippen LogP contribution is -2.35. The van der Waals surface area contributed by atoms with E-state index in [0.29, 0.717) is 13.0 Å². The molecule has 1 fully saturated rings. The van der Waals surface area contributed by atoms with Gasteiger partial charge < -0.3 is 16.0 Å². The van der Waals surface area contributed by atoms with Crippen LogP contribution in [-0.2, 0) is 4.79 Å². The Hall–Kier alpha value is -0.810. The summed E-state index contributed by atoms with van der Waals surface area (Å²) in [7, 11) is 2.11. The van der Waals surface area contributed by atoms with Crippen molar-refractivity contribution < 1.29 is 4.79 Å². The molecule has 0 spiro atoms. The monoisotopic (exact) mass is 333 g/mol. The number of halogens is 2. The number of hydrogen-bond acceptors (Lipinski definition) is 3. The first kappa shape index (κ1) is 20.2. The molecule has 1 unspecified atom stereocenters. The van der Waals surface area contributed by atoms with Gasteiger partial charge in [0.25, 0.3) is 0 Å². The normalized spacial score (nSPS) is 14.8. The summed E-state index contributed by atoms with van der Waals surface area (Å²) < 4.78 is 0. The van der Waals surface area contributed by atoms with E-state index in [2.05, 4.69) is 17.3 Å². The van der Waals surface area contributed by atoms with Crippen molar-refractivity contribution in [2.24, 2.45) is 5.73 Å². The van der Waals surface area contributed by atoms with Gasteiger partial charge >= 0.3 is 0 Å². The molecule has 0 radical (unpaired) electrons. The van der Waals surface area contributed by atoms with Crippen molar-refractivity contribution in [1.29, 1.82) is 0 Å². The molecule has 1 aliphatic rings. The van der Waals surface area contributed by atoms with E-state index in [-0.39, 0.29) is 36.8 Å². The maximum atomic E-state index is 11.8. The summed E-state index contributed by atoms with van der Waals surface area (Å²) in [5.41, 5.74) is 7.02. The van der Waals surface area contributed by atoms with Crippen molar-refractivity contribution in [3.8, 4) is 0 Å². The Morgan fingerprint density at radius 3 is 2.52 bits per heavy atom. The van der Waals surface area contributed by atoms with Crippen molar-refractivity contribution in [2.75, 3.05) is 20.1 Å². The van der Waals surface area contributed by atoms with Crippen LogP contribution in [0.4, 0.5) is 0 Å². The zero-order valence-corrected chi connectivity index (χ0v) is 14.0. The van der Waals surface area contributed by atoms with Crippen LogP contribution in [0, 0.1) is 0 Å². The molecule has 0 saturated heterocycles. The minimum Gasteiger partial charge on any atom is -0.355 e. The Bertz CT molecular complexity index is 413. The summed E-state index contributed by atoms with van der Waals surface area (Å²) in [6, 6.07) is 10.3. The number of likely N-dealkylation sites (N-methyl/N-ethyl adjacent to an activating group) is 1. The Morgan fingerprint density at radius 2 is 1.95 bits per heavy atom. The third-order valence-corrected chi connectivity index (χ3v) is 3.59. The number of nitrogens with one attached hydrogen (secondary N) is 1. The number of rotatable bonds is 7. The largest absolute Gasteiger partial charge is 0.355 e. The summed E-state index contributed by atoms with van der Waals surface area (Å²) >= 11 is 0. The highest BCUT2D eigenvalue weighted by Crippen LogP contribution is 2.24. The van der Waals surface area contributed by atoms with Crippen LogP contribution in [0.25, 0.3) is 0 Å². The number of carbonyl (C=O) groups excluding carboxylic acids is 1. The molecule has 120 valence electrons. The van der Waals surface area contributed by atoms with Gasteiger partial charge in [0.2, 0.25) is 5.91 Å². The number of carbonyl (C=O) groups is 1. The van der Waals surface area contributed by atoms with Crippen molar-refractivity contribution >= 4 is 30.7 Å². The van der Waals surface area contributed by atoms with Crippen LogP contribution >= 0.6 is 24.8 Å². The van der Waals surface area contributed by atoms with E-state index in [1.165, 1.54) is 12.8 Å². The zero-order chi connectivity index (χ0) is 13.7. The molecule has 6 heteroatoms. The molecule has 1 aromatic rings. The smallest absolute Gasteiger partial charge is 0.221 e. The Labute approximate surface area is 139 Å². The van der Waals surface area contributed by atoms with Crippen LogP contribution in [0.3, 0.4) is 0 Å². The highest BCUT2D eigenvalue weighted by molar-refractivity contribution is 5.85. The molecule has 0 aromatic heterocycles. The number of amides is 1. The van der Waals surface area contributed by atoms with Crippen LogP contribution < -0.4 is 11.1 Å². The first-order valence-corrected chi connectivity index (χ1v) is 6.94. The predicted octanol–water partition coefficient (Wildman–Crippen LogP) is 2.13. The molecule has 3 N–H and O–H groups in total. The SMILES string of the molecule is CN(CCNC(=O)CC(N)c1ccccc1)C1CC1.Cl.Cl. The molecule has 4 nitrogen and oxygen atoms in total. The summed E-state index contributed by atoms with van der Waals surface area (Å²) in [5.74, 6) is 0.0283.